The van der Waals surface area contributed by atoms with Crippen LogP contribution in [0.5, 0.6) is 0 Å². The van der Waals surface area contributed by atoms with Gasteiger partial charge in [0.15, 0.2) is 0 Å². The minimum atomic E-state index is -4.06. The highest BCUT2D eigenvalue weighted by atomic mass is 19.4. The third-order valence-electron chi connectivity index (χ3n) is 3.27. The summed E-state index contributed by atoms with van der Waals surface area (Å²) in [6.45, 7) is 1.25. The molecule has 0 amide bonds. The number of nitrogen functional groups attached to an aromatic ring is 1. The zero-order valence-electron chi connectivity index (χ0n) is 10.1. The molecule has 1 aliphatic rings. The second-order valence-electron chi connectivity index (χ2n) is 4.65. The molecule has 0 saturated carbocycles. The monoisotopic (exact) mass is 258 g/mol. The molecule has 0 bridgehead atoms. The Morgan fingerprint density at radius 2 is 2.06 bits per heavy atom. The maximum Gasteiger partial charge on any atom is 0.389 e. The number of hydrogen-bond donors (Lipinski definition) is 1. The van der Waals surface area contributed by atoms with E-state index in [1.54, 1.807) is 0 Å². The number of halogens is 3. The summed E-state index contributed by atoms with van der Waals surface area (Å²) in [5.74, 6) is 0. The van der Waals surface area contributed by atoms with Gasteiger partial charge in [-0.1, -0.05) is 6.07 Å². The van der Waals surface area contributed by atoms with Crippen LogP contribution in [0.25, 0.3) is 0 Å². The highest BCUT2D eigenvalue weighted by Gasteiger charge is 2.27. The Balaban J connectivity index is 2.02. The maximum atomic E-state index is 12.1. The number of alkyl halides is 3. The molecule has 1 heterocycles. The second kappa shape index (κ2) is 5.08. The molecule has 1 aromatic carbocycles. The lowest BCUT2D eigenvalue weighted by molar-refractivity contribution is -0.135. The van der Waals surface area contributed by atoms with E-state index < -0.39 is 12.6 Å². The molecule has 0 saturated heterocycles. The summed E-state index contributed by atoms with van der Waals surface area (Å²) in [6.07, 6.45) is -2.78. The fourth-order valence-corrected chi connectivity index (χ4v) is 2.43. The normalized spacial score (nSPS) is 15.6. The molecule has 0 atom stereocenters. The van der Waals surface area contributed by atoms with Crippen LogP contribution >= 0.6 is 0 Å². The molecule has 0 aliphatic carbocycles. The molecule has 0 fully saturated rings. The topological polar surface area (TPSA) is 29.3 Å². The predicted molar refractivity (Wildman–Crippen MR) is 66.7 cm³/mol. The molecular weight excluding hydrogens is 241 g/mol. The van der Waals surface area contributed by atoms with E-state index in [1.807, 2.05) is 23.1 Å². The van der Waals surface area contributed by atoms with Crippen molar-refractivity contribution in [3.05, 3.63) is 23.8 Å². The Hall–Kier alpha value is -1.39. The molecule has 1 aliphatic heterocycles. The Bertz CT molecular complexity index is 415. The Labute approximate surface area is 105 Å². The molecular formula is C13H17F3N2. The van der Waals surface area contributed by atoms with Crippen molar-refractivity contribution < 1.29 is 13.2 Å². The van der Waals surface area contributed by atoms with Crippen molar-refractivity contribution in [2.45, 2.75) is 31.9 Å². The number of nitrogens with zero attached hydrogens (tertiary/aromatic N) is 1. The van der Waals surface area contributed by atoms with Gasteiger partial charge in [0.1, 0.15) is 0 Å². The third kappa shape index (κ3) is 3.09. The lowest BCUT2D eigenvalue weighted by Gasteiger charge is -2.32. The number of hydrogen-bond acceptors (Lipinski definition) is 2. The van der Waals surface area contributed by atoms with Crippen molar-refractivity contribution in [2.75, 3.05) is 23.7 Å². The van der Waals surface area contributed by atoms with Crippen LogP contribution in [0, 0.1) is 0 Å². The van der Waals surface area contributed by atoms with Crippen molar-refractivity contribution in [3.63, 3.8) is 0 Å². The number of benzene rings is 1. The van der Waals surface area contributed by atoms with Crippen LogP contribution in [0.3, 0.4) is 0 Å². The molecule has 0 unspecified atom stereocenters. The highest BCUT2D eigenvalue weighted by Crippen LogP contribution is 2.32. The molecule has 0 radical (unpaired) electrons. The summed E-state index contributed by atoms with van der Waals surface area (Å²) < 4.78 is 36.4. The minimum Gasteiger partial charge on any atom is -0.398 e. The summed E-state index contributed by atoms with van der Waals surface area (Å²) in [6, 6.07) is 5.65. The van der Waals surface area contributed by atoms with E-state index in [2.05, 4.69) is 0 Å². The first-order valence-corrected chi connectivity index (χ1v) is 6.16. The van der Waals surface area contributed by atoms with Gasteiger partial charge < -0.3 is 10.6 Å². The molecule has 0 aromatic heterocycles. The Morgan fingerprint density at radius 3 is 2.78 bits per heavy atom. The van der Waals surface area contributed by atoms with Gasteiger partial charge in [0.2, 0.25) is 0 Å². The van der Waals surface area contributed by atoms with Crippen molar-refractivity contribution in [1.82, 2.24) is 0 Å². The van der Waals surface area contributed by atoms with Crippen LogP contribution in [-0.4, -0.2) is 19.3 Å². The number of anilines is 2. The van der Waals surface area contributed by atoms with Crippen molar-refractivity contribution in [2.24, 2.45) is 0 Å². The first-order valence-electron chi connectivity index (χ1n) is 6.16. The smallest absolute Gasteiger partial charge is 0.389 e. The van der Waals surface area contributed by atoms with E-state index in [-0.39, 0.29) is 6.42 Å². The average molecular weight is 258 g/mol. The zero-order chi connectivity index (χ0) is 13.2. The van der Waals surface area contributed by atoms with E-state index in [0.29, 0.717) is 6.54 Å². The molecule has 5 heteroatoms. The van der Waals surface area contributed by atoms with Gasteiger partial charge in [-0.25, -0.2) is 0 Å². The van der Waals surface area contributed by atoms with E-state index in [4.69, 9.17) is 5.73 Å². The van der Waals surface area contributed by atoms with Gasteiger partial charge in [-0.05, 0) is 37.0 Å². The van der Waals surface area contributed by atoms with Crippen molar-refractivity contribution in [1.29, 1.82) is 0 Å². The lowest BCUT2D eigenvalue weighted by Crippen LogP contribution is -2.31. The van der Waals surface area contributed by atoms with E-state index in [0.717, 1.165) is 36.3 Å². The molecule has 2 N–H and O–H groups in total. The number of nitrogens with two attached hydrogens (primary N) is 1. The first-order chi connectivity index (χ1) is 8.47. The van der Waals surface area contributed by atoms with Crippen LogP contribution in [0.4, 0.5) is 24.5 Å². The molecule has 18 heavy (non-hydrogen) atoms. The molecule has 1 aromatic rings. The van der Waals surface area contributed by atoms with Crippen LogP contribution < -0.4 is 10.6 Å². The summed E-state index contributed by atoms with van der Waals surface area (Å²) >= 11 is 0. The Morgan fingerprint density at radius 1 is 1.28 bits per heavy atom. The van der Waals surface area contributed by atoms with Gasteiger partial charge in [0.25, 0.3) is 0 Å². The fourth-order valence-electron chi connectivity index (χ4n) is 2.43. The summed E-state index contributed by atoms with van der Waals surface area (Å²) in [4.78, 5) is 2.01. The molecule has 100 valence electrons. The Kier molecular flexibility index (Phi) is 3.68. The molecule has 0 spiro atoms. The maximum absolute atomic E-state index is 12.1. The van der Waals surface area contributed by atoms with Crippen LogP contribution in [-0.2, 0) is 6.42 Å². The van der Waals surface area contributed by atoms with Crippen LogP contribution in [0.1, 0.15) is 24.8 Å². The molecule has 2 nitrogen and oxygen atoms in total. The van der Waals surface area contributed by atoms with Crippen LogP contribution in [0.2, 0.25) is 0 Å². The summed E-state index contributed by atoms with van der Waals surface area (Å²) in [5.41, 5.74) is 8.72. The first kappa shape index (κ1) is 13.1. The standard InChI is InChI=1S/C13H17F3N2/c14-13(15,16)7-3-9-18-8-2-4-10-11(17)5-1-6-12(10)18/h1,5-6H,2-4,7-9,17H2. The lowest BCUT2D eigenvalue weighted by atomic mass is 9.99. The van der Waals surface area contributed by atoms with E-state index >= 15 is 0 Å². The van der Waals surface area contributed by atoms with Gasteiger partial charge in [-0.3, -0.25) is 0 Å². The van der Waals surface area contributed by atoms with Crippen LogP contribution in [0.15, 0.2) is 18.2 Å². The van der Waals surface area contributed by atoms with Gasteiger partial charge in [-0.15, -0.1) is 0 Å². The van der Waals surface area contributed by atoms with Crippen molar-refractivity contribution in [3.8, 4) is 0 Å². The predicted octanol–water partition coefficient (Wildman–Crippen LogP) is 3.36. The van der Waals surface area contributed by atoms with E-state index in [9.17, 15) is 13.2 Å². The quantitative estimate of drug-likeness (QED) is 0.842. The summed E-state index contributed by atoms with van der Waals surface area (Å²) in [7, 11) is 0. The van der Waals surface area contributed by atoms with Crippen molar-refractivity contribution >= 4 is 11.4 Å². The van der Waals surface area contributed by atoms with Gasteiger partial charge in [0, 0.05) is 30.9 Å². The average Bonchev–Trinajstić information content (AvgIpc) is 2.29. The zero-order valence-corrected chi connectivity index (χ0v) is 10.1. The largest absolute Gasteiger partial charge is 0.398 e. The van der Waals surface area contributed by atoms with E-state index in [1.165, 1.54) is 0 Å². The summed E-state index contributed by atoms with van der Waals surface area (Å²) in [5, 5.41) is 0. The number of rotatable bonds is 3. The number of fused-ring (bicyclic) bond motifs is 1. The highest BCUT2D eigenvalue weighted by molar-refractivity contribution is 5.66. The minimum absolute atomic E-state index is 0.137. The fraction of sp³-hybridized carbons (Fsp3) is 0.538. The molecule has 2 rings (SSSR count). The van der Waals surface area contributed by atoms with Gasteiger partial charge in [-0.2, -0.15) is 13.2 Å². The SMILES string of the molecule is Nc1cccc2c1CCCN2CCCC(F)(F)F. The second-order valence-corrected chi connectivity index (χ2v) is 4.65. The third-order valence-corrected chi connectivity index (χ3v) is 3.27. The van der Waals surface area contributed by atoms with Gasteiger partial charge in [0.05, 0.1) is 0 Å². The van der Waals surface area contributed by atoms with Gasteiger partial charge >= 0.3 is 6.18 Å².